The molecule has 0 spiro atoms. The van der Waals surface area contributed by atoms with Crippen LogP contribution in [0.3, 0.4) is 0 Å². The molecule has 2 heterocycles. The maximum absolute atomic E-state index is 13.5. The highest BCUT2D eigenvalue weighted by atomic mass is 32.2. The van der Waals surface area contributed by atoms with E-state index in [1.807, 2.05) is 74.5 Å². The van der Waals surface area contributed by atoms with Crippen LogP contribution in [0.5, 0.6) is 0 Å². The summed E-state index contributed by atoms with van der Waals surface area (Å²) in [6.45, 7) is 3.81. The summed E-state index contributed by atoms with van der Waals surface area (Å²) < 4.78 is 0. The Labute approximate surface area is 162 Å². The Kier molecular flexibility index (Phi) is 4.77. The number of fused-ring (bicyclic) bond motifs is 1. The van der Waals surface area contributed by atoms with E-state index in [0.29, 0.717) is 11.4 Å². The summed E-state index contributed by atoms with van der Waals surface area (Å²) in [5.41, 5.74) is 3.53. The van der Waals surface area contributed by atoms with Gasteiger partial charge in [-0.2, -0.15) is 0 Å². The smallest absolute Gasteiger partial charge is 0.182 e. The number of hydrogen-bond donors (Lipinski definition) is 1. The van der Waals surface area contributed by atoms with Gasteiger partial charge in [0.25, 0.3) is 0 Å². The van der Waals surface area contributed by atoms with Crippen LogP contribution in [0.15, 0.2) is 71.9 Å². The number of nitrogens with zero attached hydrogens (tertiary/aromatic N) is 2. The van der Waals surface area contributed by atoms with E-state index in [2.05, 4.69) is 15.0 Å². The number of nitrogens with one attached hydrogen (secondary N) is 1. The first kappa shape index (κ1) is 17.5. The van der Waals surface area contributed by atoms with E-state index in [9.17, 15) is 4.79 Å². The van der Waals surface area contributed by atoms with Gasteiger partial charge in [-0.15, -0.1) is 0 Å². The quantitative estimate of drug-likeness (QED) is 0.293. The van der Waals surface area contributed by atoms with Crippen molar-refractivity contribution >= 4 is 28.4 Å². The largest absolute Gasteiger partial charge is 0.360 e. The second-order valence-electron chi connectivity index (χ2n) is 6.42. The molecular formula is C22H19N3OS. The van der Waals surface area contributed by atoms with Gasteiger partial charge in [0.15, 0.2) is 5.78 Å². The van der Waals surface area contributed by atoms with Crippen molar-refractivity contribution in [2.45, 2.75) is 24.1 Å². The van der Waals surface area contributed by atoms with E-state index in [-0.39, 0.29) is 11.0 Å². The van der Waals surface area contributed by atoms with Crippen LogP contribution in [0.4, 0.5) is 0 Å². The Bertz CT molecular complexity index is 1080. The average molecular weight is 373 g/mol. The number of aromatic nitrogens is 3. The van der Waals surface area contributed by atoms with Crippen LogP contribution < -0.4 is 0 Å². The predicted molar refractivity (Wildman–Crippen MR) is 109 cm³/mol. The number of carbonyl (C=O) groups excluding carboxylic acids is 1. The summed E-state index contributed by atoms with van der Waals surface area (Å²) in [7, 11) is 0. The van der Waals surface area contributed by atoms with Crippen LogP contribution >= 0.6 is 11.8 Å². The first-order valence-electron chi connectivity index (χ1n) is 8.76. The molecule has 0 radical (unpaired) electrons. The standard InChI is InChI=1S/C22H19N3OS/c1-14-12-20(25-15(2)24-14)27-22(16-8-4-3-5-9-16)21(26)18-13-23-19-11-7-6-10-17(18)19/h3-13,22-23H,1-2H3/t22-/m1/s1. The molecule has 0 aliphatic carbocycles. The lowest BCUT2D eigenvalue weighted by Gasteiger charge is -2.16. The average Bonchev–Trinajstić information content (AvgIpc) is 3.10. The minimum atomic E-state index is -0.376. The maximum Gasteiger partial charge on any atom is 0.182 e. The van der Waals surface area contributed by atoms with E-state index in [1.165, 1.54) is 11.8 Å². The second kappa shape index (κ2) is 7.37. The summed E-state index contributed by atoms with van der Waals surface area (Å²) in [6.07, 6.45) is 1.81. The number of H-pyrrole nitrogens is 1. The molecule has 5 heteroatoms. The highest BCUT2D eigenvalue weighted by Crippen LogP contribution is 2.38. The van der Waals surface area contributed by atoms with Gasteiger partial charge in [-0.3, -0.25) is 4.79 Å². The molecule has 134 valence electrons. The number of Topliss-reactive ketones (excluding diaryl/α,β-unsaturated/α-hetero) is 1. The molecule has 2 aromatic carbocycles. The molecule has 0 saturated heterocycles. The van der Waals surface area contributed by atoms with Gasteiger partial charge in [0, 0.05) is 28.4 Å². The van der Waals surface area contributed by atoms with Gasteiger partial charge in [0.05, 0.1) is 5.25 Å². The van der Waals surface area contributed by atoms with Gasteiger partial charge in [0.1, 0.15) is 10.9 Å². The third-order valence-electron chi connectivity index (χ3n) is 4.38. The van der Waals surface area contributed by atoms with Crippen molar-refractivity contribution < 1.29 is 4.79 Å². The molecule has 1 N–H and O–H groups in total. The first-order valence-corrected chi connectivity index (χ1v) is 9.64. The summed E-state index contributed by atoms with van der Waals surface area (Å²) in [5, 5.41) is 1.38. The number of ketones is 1. The van der Waals surface area contributed by atoms with Gasteiger partial charge in [-0.05, 0) is 31.5 Å². The lowest BCUT2D eigenvalue weighted by molar-refractivity contribution is 0.0991. The molecule has 0 bridgehead atoms. The van der Waals surface area contributed by atoms with Crippen LogP contribution in [0.1, 0.15) is 32.7 Å². The molecule has 27 heavy (non-hydrogen) atoms. The Hall–Kier alpha value is -2.92. The lowest BCUT2D eigenvalue weighted by Crippen LogP contribution is -2.10. The third-order valence-corrected chi connectivity index (χ3v) is 5.55. The zero-order valence-corrected chi connectivity index (χ0v) is 16.0. The molecule has 4 rings (SSSR count). The molecule has 1 atom stereocenters. The topological polar surface area (TPSA) is 58.6 Å². The van der Waals surface area contributed by atoms with Crippen molar-refractivity contribution in [1.82, 2.24) is 15.0 Å². The summed E-state index contributed by atoms with van der Waals surface area (Å²) in [5.74, 6) is 0.779. The molecule has 2 aromatic heterocycles. The van der Waals surface area contributed by atoms with Crippen molar-refractivity contribution in [2.24, 2.45) is 0 Å². The number of aryl methyl sites for hydroxylation is 2. The fourth-order valence-corrected chi connectivity index (χ4v) is 4.37. The molecule has 0 amide bonds. The van der Waals surface area contributed by atoms with Gasteiger partial charge < -0.3 is 4.98 Å². The van der Waals surface area contributed by atoms with E-state index < -0.39 is 0 Å². The van der Waals surface area contributed by atoms with E-state index >= 15 is 0 Å². The number of rotatable bonds is 5. The Balaban J connectivity index is 1.77. The number of benzene rings is 2. The van der Waals surface area contributed by atoms with E-state index in [4.69, 9.17) is 0 Å². The van der Waals surface area contributed by atoms with Crippen molar-refractivity contribution in [3.63, 3.8) is 0 Å². The first-order chi connectivity index (χ1) is 13.1. The summed E-state index contributed by atoms with van der Waals surface area (Å²) in [4.78, 5) is 25.6. The molecule has 0 aliphatic rings. The molecule has 0 unspecified atom stereocenters. The van der Waals surface area contributed by atoms with Gasteiger partial charge >= 0.3 is 0 Å². The van der Waals surface area contributed by atoms with Crippen molar-refractivity contribution in [3.8, 4) is 0 Å². The van der Waals surface area contributed by atoms with Crippen LogP contribution in [0.25, 0.3) is 10.9 Å². The number of para-hydroxylation sites is 1. The third kappa shape index (κ3) is 3.64. The number of thioether (sulfide) groups is 1. The van der Waals surface area contributed by atoms with Crippen molar-refractivity contribution in [1.29, 1.82) is 0 Å². The van der Waals surface area contributed by atoms with Crippen molar-refractivity contribution in [3.05, 3.63) is 89.5 Å². The molecule has 0 fully saturated rings. The van der Waals surface area contributed by atoms with E-state index in [0.717, 1.165) is 27.2 Å². The Morgan fingerprint density at radius 2 is 1.74 bits per heavy atom. The molecular weight excluding hydrogens is 354 g/mol. The number of aromatic amines is 1. The maximum atomic E-state index is 13.5. The number of carbonyl (C=O) groups is 1. The van der Waals surface area contributed by atoms with Crippen LogP contribution in [0, 0.1) is 13.8 Å². The highest BCUT2D eigenvalue weighted by molar-refractivity contribution is 8.00. The molecule has 4 nitrogen and oxygen atoms in total. The summed E-state index contributed by atoms with van der Waals surface area (Å²) in [6, 6.07) is 19.7. The predicted octanol–water partition coefficient (Wildman–Crippen LogP) is 5.29. The Morgan fingerprint density at radius 3 is 2.52 bits per heavy atom. The SMILES string of the molecule is Cc1cc(S[C@@H](C(=O)c2c[nH]c3ccccc23)c2ccccc2)nc(C)n1. The molecule has 4 aromatic rings. The minimum Gasteiger partial charge on any atom is -0.360 e. The highest BCUT2D eigenvalue weighted by Gasteiger charge is 2.26. The fourth-order valence-electron chi connectivity index (χ4n) is 3.18. The normalized spacial score (nSPS) is 12.2. The van der Waals surface area contributed by atoms with Gasteiger partial charge in [-0.1, -0.05) is 60.3 Å². The number of hydrogen-bond acceptors (Lipinski definition) is 4. The zero-order chi connectivity index (χ0) is 18.8. The lowest BCUT2D eigenvalue weighted by atomic mass is 10.0. The van der Waals surface area contributed by atoms with E-state index in [1.54, 1.807) is 6.20 Å². The molecule has 0 saturated carbocycles. The van der Waals surface area contributed by atoms with Gasteiger partial charge in [-0.25, -0.2) is 9.97 Å². The van der Waals surface area contributed by atoms with Crippen LogP contribution in [-0.4, -0.2) is 20.7 Å². The Morgan fingerprint density at radius 1 is 1.00 bits per heavy atom. The van der Waals surface area contributed by atoms with Crippen molar-refractivity contribution in [2.75, 3.05) is 0 Å². The minimum absolute atomic E-state index is 0.0672. The van der Waals surface area contributed by atoms with Crippen LogP contribution in [0.2, 0.25) is 0 Å². The monoisotopic (exact) mass is 373 g/mol. The molecule has 0 aliphatic heterocycles. The zero-order valence-electron chi connectivity index (χ0n) is 15.1. The van der Waals surface area contributed by atoms with Gasteiger partial charge in [0.2, 0.25) is 0 Å². The second-order valence-corrected chi connectivity index (χ2v) is 7.54. The summed E-state index contributed by atoms with van der Waals surface area (Å²) >= 11 is 1.47. The fraction of sp³-hybridized carbons (Fsp3) is 0.136. The van der Waals surface area contributed by atoms with Crippen LogP contribution in [-0.2, 0) is 0 Å².